The third-order valence-electron chi connectivity index (χ3n) is 2.48. The van der Waals surface area contributed by atoms with Gasteiger partial charge in [0, 0.05) is 10.1 Å². The molecule has 1 radical (unpaired) electrons. The molecule has 0 fully saturated rings. The number of aromatic nitrogens is 2. The molecule has 79 valence electrons. The van der Waals surface area contributed by atoms with Crippen molar-refractivity contribution >= 4 is 22.4 Å². The Morgan fingerprint density at radius 1 is 1.25 bits per heavy atom. The second-order valence-corrected chi connectivity index (χ2v) is 4.19. The molecular weight excluding hydrogens is 224 g/mol. The lowest BCUT2D eigenvalue weighted by Gasteiger charge is -1.99. The van der Waals surface area contributed by atoms with Crippen molar-refractivity contribution in [2.24, 2.45) is 0 Å². The van der Waals surface area contributed by atoms with Gasteiger partial charge in [0.1, 0.15) is 0 Å². The number of imidazole rings is 1. The lowest BCUT2D eigenvalue weighted by atomic mass is 10.3. The van der Waals surface area contributed by atoms with E-state index in [0.717, 1.165) is 0 Å². The standard InChI is InChI=1S/C11H7N2O2S/c14-12-9-3-1-2-4-10(9)13(15)11(12)8-5-6-16-7-8/h1-7H. The molecule has 0 amide bonds. The summed E-state index contributed by atoms with van der Waals surface area (Å²) in [5.41, 5.74) is 1.46. The Morgan fingerprint density at radius 3 is 2.75 bits per heavy atom. The van der Waals surface area contributed by atoms with Gasteiger partial charge in [-0.1, -0.05) is 17.3 Å². The summed E-state index contributed by atoms with van der Waals surface area (Å²) in [6, 6.07) is 8.54. The van der Waals surface area contributed by atoms with E-state index in [1.54, 1.807) is 35.7 Å². The molecule has 3 rings (SSSR count). The predicted octanol–water partition coefficient (Wildman–Crippen LogP) is 2.20. The molecule has 0 aliphatic carbocycles. The molecule has 3 aromatic rings. The monoisotopic (exact) mass is 231 g/mol. The molecule has 0 bridgehead atoms. The highest BCUT2D eigenvalue weighted by Crippen LogP contribution is 2.23. The topological polar surface area (TPSA) is 51.8 Å². The van der Waals surface area contributed by atoms with Crippen molar-refractivity contribution in [1.29, 1.82) is 0 Å². The van der Waals surface area contributed by atoms with Crippen LogP contribution in [0.1, 0.15) is 0 Å². The van der Waals surface area contributed by atoms with Gasteiger partial charge in [0.15, 0.2) is 5.52 Å². The number of hydrogen-bond acceptors (Lipinski definition) is 2. The molecule has 2 heterocycles. The summed E-state index contributed by atoms with van der Waals surface area (Å²) in [7, 11) is 0. The van der Waals surface area contributed by atoms with Gasteiger partial charge in [-0.3, -0.25) is 0 Å². The van der Waals surface area contributed by atoms with Gasteiger partial charge in [0.25, 0.3) is 0 Å². The second kappa shape index (κ2) is 3.24. The van der Waals surface area contributed by atoms with Crippen LogP contribution in [0.25, 0.3) is 22.4 Å². The highest BCUT2D eigenvalue weighted by molar-refractivity contribution is 7.08. The first-order valence-corrected chi connectivity index (χ1v) is 5.66. The number of nitrogens with zero attached hydrogens (tertiary/aromatic N) is 2. The Morgan fingerprint density at radius 2 is 2.06 bits per heavy atom. The molecule has 0 spiro atoms. The number of hydrogen-bond donors (Lipinski definition) is 0. The van der Waals surface area contributed by atoms with E-state index in [0.29, 0.717) is 26.1 Å². The fourth-order valence-electron chi connectivity index (χ4n) is 1.74. The third-order valence-corrected chi connectivity index (χ3v) is 3.17. The molecule has 0 aliphatic heterocycles. The van der Waals surface area contributed by atoms with Crippen LogP contribution in [-0.4, -0.2) is 4.73 Å². The van der Waals surface area contributed by atoms with Crippen molar-refractivity contribution < 1.29 is 9.94 Å². The van der Waals surface area contributed by atoms with Crippen LogP contribution >= 0.6 is 11.3 Å². The molecule has 16 heavy (non-hydrogen) atoms. The van der Waals surface area contributed by atoms with Crippen molar-refractivity contribution in [3.05, 3.63) is 46.3 Å². The summed E-state index contributed by atoms with van der Waals surface area (Å²) < 4.78 is 1.37. The van der Waals surface area contributed by atoms with Crippen molar-refractivity contribution in [2.45, 2.75) is 0 Å². The lowest BCUT2D eigenvalue weighted by molar-refractivity contribution is -0.567. The predicted molar refractivity (Wildman–Crippen MR) is 60.3 cm³/mol. The highest BCUT2D eigenvalue weighted by atomic mass is 32.1. The van der Waals surface area contributed by atoms with E-state index >= 15 is 0 Å². The summed E-state index contributed by atoms with van der Waals surface area (Å²) >= 11 is 1.46. The fraction of sp³-hybridized carbons (Fsp3) is 0. The van der Waals surface area contributed by atoms with E-state index in [1.165, 1.54) is 11.3 Å². The Hall–Kier alpha value is -2.01. The maximum absolute atomic E-state index is 11.9. The van der Waals surface area contributed by atoms with Crippen LogP contribution < -0.4 is 4.73 Å². The van der Waals surface area contributed by atoms with Gasteiger partial charge in [-0.25, -0.2) is 4.73 Å². The van der Waals surface area contributed by atoms with Gasteiger partial charge in [-0.05, 0) is 23.6 Å². The number of benzene rings is 1. The third kappa shape index (κ3) is 1.12. The molecule has 0 aliphatic rings. The van der Waals surface area contributed by atoms with E-state index in [2.05, 4.69) is 0 Å². The number of fused-ring (bicyclic) bond motifs is 1. The first kappa shape index (κ1) is 9.23. The minimum atomic E-state index is 0.141. The van der Waals surface area contributed by atoms with Crippen LogP contribution in [-0.2, 0) is 5.21 Å². The first-order valence-electron chi connectivity index (χ1n) is 4.72. The Balaban J connectivity index is 2.42. The molecule has 0 saturated carbocycles. The number of para-hydroxylation sites is 2. The van der Waals surface area contributed by atoms with Gasteiger partial charge in [0.05, 0.1) is 5.56 Å². The van der Waals surface area contributed by atoms with E-state index in [4.69, 9.17) is 0 Å². The molecule has 5 heteroatoms. The minimum absolute atomic E-state index is 0.141. The van der Waals surface area contributed by atoms with Crippen molar-refractivity contribution in [3.63, 3.8) is 0 Å². The SMILES string of the molecule is [O]n1c(-c2ccsc2)[n+]([O-])c2ccccc21. The zero-order chi connectivity index (χ0) is 11.1. The van der Waals surface area contributed by atoms with Crippen LogP contribution in [0.4, 0.5) is 0 Å². The number of rotatable bonds is 1. The Labute approximate surface area is 95.2 Å². The maximum atomic E-state index is 11.9. The van der Waals surface area contributed by atoms with Crippen LogP contribution in [0.5, 0.6) is 0 Å². The van der Waals surface area contributed by atoms with Gasteiger partial charge in [-0.15, -0.1) is 0 Å². The zero-order valence-electron chi connectivity index (χ0n) is 8.16. The molecule has 0 N–H and O–H groups in total. The highest BCUT2D eigenvalue weighted by Gasteiger charge is 2.24. The largest absolute Gasteiger partial charge is 0.710 e. The van der Waals surface area contributed by atoms with Crippen molar-refractivity contribution in [1.82, 2.24) is 4.73 Å². The Bertz CT molecular complexity index is 604. The molecule has 0 atom stereocenters. The van der Waals surface area contributed by atoms with Crippen LogP contribution in [0, 0.1) is 5.21 Å². The minimum Gasteiger partial charge on any atom is -0.710 e. The summed E-state index contributed by atoms with van der Waals surface area (Å²) in [5.74, 6) is 0.141. The van der Waals surface area contributed by atoms with E-state index in [9.17, 15) is 10.4 Å². The average molecular weight is 231 g/mol. The zero-order valence-corrected chi connectivity index (χ0v) is 8.98. The fourth-order valence-corrected chi connectivity index (χ4v) is 2.38. The Kier molecular flexibility index (Phi) is 1.87. The van der Waals surface area contributed by atoms with Crippen LogP contribution in [0.2, 0.25) is 0 Å². The summed E-state index contributed by atoms with van der Waals surface area (Å²) in [6.07, 6.45) is 0. The number of thiophene rings is 1. The molecule has 0 unspecified atom stereocenters. The van der Waals surface area contributed by atoms with Gasteiger partial charge in [0.2, 0.25) is 5.52 Å². The normalized spacial score (nSPS) is 11.0. The van der Waals surface area contributed by atoms with E-state index in [1.807, 2.05) is 5.38 Å². The molecule has 0 saturated heterocycles. The lowest BCUT2D eigenvalue weighted by Crippen LogP contribution is -2.27. The summed E-state index contributed by atoms with van der Waals surface area (Å²) in [6.45, 7) is 0. The quantitative estimate of drug-likeness (QED) is 0.468. The molecule has 1 aromatic carbocycles. The van der Waals surface area contributed by atoms with E-state index in [-0.39, 0.29) is 5.82 Å². The first-order chi connectivity index (χ1) is 7.79. The average Bonchev–Trinajstić information content (AvgIpc) is 2.89. The van der Waals surface area contributed by atoms with Gasteiger partial charge >= 0.3 is 5.82 Å². The van der Waals surface area contributed by atoms with Crippen molar-refractivity contribution in [2.75, 3.05) is 0 Å². The van der Waals surface area contributed by atoms with Gasteiger partial charge in [-0.2, -0.15) is 11.3 Å². The second-order valence-electron chi connectivity index (χ2n) is 3.41. The molecule has 2 aromatic heterocycles. The van der Waals surface area contributed by atoms with Crippen LogP contribution in [0.15, 0.2) is 41.1 Å². The summed E-state index contributed by atoms with van der Waals surface area (Å²) in [5, 5.41) is 27.5. The smallest absolute Gasteiger partial charge is 0.338 e. The molecular formula is C11H7N2O2S. The van der Waals surface area contributed by atoms with Crippen molar-refractivity contribution in [3.8, 4) is 11.4 Å². The molecule has 4 nitrogen and oxygen atoms in total. The summed E-state index contributed by atoms with van der Waals surface area (Å²) in [4.78, 5) is 0. The van der Waals surface area contributed by atoms with E-state index < -0.39 is 0 Å². The van der Waals surface area contributed by atoms with Gasteiger partial charge < -0.3 is 5.21 Å². The maximum Gasteiger partial charge on any atom is 0.338 e. The van der Waals surface area contributed by atoms with Crippen LogP contribution in [0.3, 0.4) is 0 Å².